The Morgan fingerprint density at radius 1 is 1.00 bits per heavy atom. The number of hydrogen-bond acceptors (Lipinski definition) is 3. The second-order valence-corrected chi connectivity index (χ2v) is 4.21. The molecule has 0 fully saturated rings. The summed E-state index contributed by atoms with van der Waals surface area (Å²) >= 11 is 0. The third-order valence-corrected chi connectivity index (χ3v) is 2.88. The number of nitrogen functional groups attached to an aromatic ring is 1. The molecule has 0 amide bonds. The van der Waals surface area contributed by atoms with Crippen molar-refractivity contribution in [2.45, 2.75) is 0 Å². The van der Waals surface area contributed by atoms with Crippen molar-refractivity contribution in [3.63, 3.8) is 0 Å². The molecule has 3 aromatic rings. The van der Waals surface area contributed by atoms with Crippen LogP contribution in [0.1, 0.15) is 0 Å². The Hall–Kier alpha value is -2.69. The number of fused-ring (bicyclic) bond motifs is 1. The number of rotatable bonds is 2. The van der Waals surface area contributed by atoms with E-state index in [4.69, 9.17) is 10.5 Å². The normalized spacial score (nSPS) is 10.7. The highest BCUT2D eigenvalue weighted by Crippen LogP contribution is 2.35. The fraction of sp³-hybridized carbons (Fsp3) is 0. The van der Waals surface area contributed by atoms with Crippen LogP contribution in [0, 0.1) is 11.6 Å². The smallest absolute Gasteiger partial charge is 0.189 e. The molecule has 20 heavy (non-hydrogen) atoms. The molecule has 0 aliphatic heterocycles. The van der Waals surface area contributed by atoms with Gasteiger partial charge in [-0.1, -0.05) is 12.1 Å². The van der Waals surface area contributed by atoms with Gasteiger partial charge in [-0.15, -0.1) is 0 Å². The fourth-order valence-corrected chi connectivity index (χ4v) is 1.95. The summed E-state index contributed by atoms with van der Waals surface area (Å²) in [6.45, 7) is 0. The Bertz CT molecular complexity index is 790. The predicted octanol–water partition coefficient (Wildman–Crippen LogP) is 3.89. The van der Waals surface area contributed by atoms with Crippen molar-refractivity contribution in [1.29, 1.82) is 0 Å². The lowest BCUT2D eigenvalue weighted by molar-refractivity contribution is 0.419. The summed E-state index contributed by atoms with van der Waals surface area (Å²) in [5.74, 6) is -1.47. The Kier molecular flexibility index (Phi) is 2.95. The van der Waals surface area contributed by atoms with E-state index in [0.29, 0.717) is 5.39 Å². The standard InChI is InChI=1S/C15H10F2N2O/c16-10-5-1-2-6-13(10)20-15-11(17)8-12(18)9-4-3-7-19-14(9)15/h1-8H,18H2. The van der Waals surface area contributed by atoms with Crippen molar-refractivity contribution >= 4 is 16.6 Å². The van der Waals surface area contributed by atoms with E-state index in [1.54, 1.807) is 18.2 Å². The molecule has 0 atom stereocenters. The van der Waals surface area contributed by atoms with Crippen molar-refractivity contribution in [3.05, 3.63) is 60.3 Å². The number of aromatic nitrogens is 1. The van der Waals surface area contributed by atoms with Crippen molar-refractivity contribution < 1.29 is 13.5 Å². The average molecular weight is 272 g/mol. The van der Waals surface area contributed by atoms with Crippen molar-refractivity contribution in [2.24, 2.45) is 0 Å². The third-order valence-electron chi connectivity index (χ3n) is 2.88. The molecule has 3 rings (SSSR count). The zero-order chi connectivity index (χ0) is 14.1. The first-order chi connectivity index (χ1) is 9.66. The largest absolute Gasteiger partial charge is 0.449 e. The van der Waals surface area contributed by atoms with Crippen LogP contribution in [0.15, 0.2) is 48.7 Å². The maximum atomic E-state index is 14.0. The van der Waals surface area contributed by atoms with E-state index < -0.39 is 11.6 Å². The van der Waals surface area contributed by atoms with Crippen LogP contribution in [-0.2, 0) is 0 Å². The monoisotopic (exact) mass is 272 g/mol. The molecular formula is C15H10F2N2O. The summed E-state index contributed by atoms with van der Waals surface area (Å²) in [5.41, 5.74) is 6.25. The highest BCUT2D eigenvalue weighted by molar-refractivity contribution is 5.94. The highest BCUT2D eigenvalue weighted by Gasteiger charge is 2.15. The third kappa shape index (κ3) is 2.03. The Labute approximate surface area is 113 Å². The fourth-order valence-electron chi connectivity index (χ4n) is 1.95. The second kappa shape index (κ2) is 4.77. The number of hydrogen-bond donors (Lipinski definition) is 1. The molecule has 100 valence electrons. The molecule has 3 nitrogen and oxygen atoms in total. The lowest BCUT2D eigenvalue weighted by Gasteiger charge is -2.11. The van der Waals surface area contributed by atoms with E-state index in [2.05, 4.69) is 4.98 Å². The van der Waals surface area contributed by atoms with Crippen LogP contribution in [0.25, 0.3) is 10.9 Å². The van der Waals surface area contributed by atoms with E-state index in [-0.39, 0.29) is 22.7 Å². The van der Waals surface area contributed by atoms with Crippen LogP contribution in [0.3, 0.4) is 0 Å². The molecule has 5 heteroatoms. The molecule has 0 bridgehead atoms. The van der Waals surface area contributed by atoms with Gasteiger partial charge >= 0.3 is 0 Å². The van der Waals surface area contributed by atoms with Crippen LogP contribution < -0.4 is 10.5 Å². The van der Waals surface area contributed by atoms with Crippen LogP contribution in [-0.4, -0.2) is 4.98 Å². The van der Waals surface area contributed by atoms with Gasteiger partial charge in [0.1, 0.15) is 5.52 Å². The maximum absolute atomic E-state index is 14.0. The van der Waals surface area contributed by atoms with E-state index in [9.17, 15) is 8.78 Å². The van der Waals surface area contributed by atoms with Gasteiger partial charge in [-0.3, -0.25) is 4.98 Å². The van der Waals surface area contributed by atoms with Crippen LogP contribution in [0.2, 0.25) is 0 Å². The molecular weight excluding hydrogens is 262 g/mol. The van der Waals surface area contributed by atoms with E-state index in [1.165, 1.54) is 24.4 Å². The molecule has 1 aromatic heterocycles. The lowest BCUT2D eigenvalue weighted by atomic mass is 10.1. The van der Waals surface area contributed by atoms with E-state index >= 15 is 0 Å². The maximum Gasteiger partial charge on any atom is 0.189 e. The molecule has 2 N–H and O–H groups in total. The van der Waals surface area contributed by atoms with Gasteiger partial charge in [0.2, 0.25) is 0 Å². The van der Waals surface area contributed by atoms with Crippen molar-refractivity contribution in [2.75, 3.05) is 5.73 Å². The molecule has 0 saturated carbocycles. The summed E-state index contributed by atoms with van der Waals surface area (Å²) in [6, 6.07) is 10.3. The number of anilines is 1. The number of ether oxygens (including phenoxy) is 1. The molecule has 0 unspecified atom stereocenters. The summed E-state index contributed by atoms with van der Waals surface area (Å²) < 4.78 is 33.0. The lowest BCUT2D eigenvalue weighted by Crippen LogP contribution is -1.97. The Morgan fingerprint density at radius 2 is 1.80 bits per heavy atom. The van der Waals surface area contributed by atoms with Crippen LogP contribution in [0.4, 0.5) is 14.5 Å². The Balaban J connectivity index is 2.19. The molecule has 0 spiro atoms. The van der Waals surface area contributed by atoms with E-state index in [1.807, 2.05) is 0 Å². The molecule has 0 aliphatic rings. The number of benzene rings is 2. The summed E-state index contributed by atoms with van der Waals surface area (Å²) in [7, 11) is 0. The minimum absolute atomic E-state index is 0.0666. The van der Waals surface area contributed by atoms with Gasteiger partial charge in [-0.2, -0.15) is 0 Å². The minimum atomic E-state index is -0.683. The molecule has 1 heterocycles. The number of para-hydroxylation sites is 1. The summed E-state index contributed by atoms with van der Waals surface area (Å²) in [5, 5.41) is 0.556. The molecule has 0 aliphatic carbocycles. The first kappa shape index (κ1) is 12.3. The van der Waals surface area contributed by atoms with Crippen LogP contribution >= 0.6 is 0 Å². The van der Waals surface area contributed by atoms with Crippen molar-refractivity contribution in [1.82, 2.24) is 4.98 Å². The molecule has 0 radical (unpaired) electrons. The molecule has 2 aromatic carbocycles. The number of nitrogens with two attached hydrogens (primary N) is 1. The van der Waals surface area contributed by atoms with Gasteiger partial charge in [-0.25, -0.2) is 8.78 Å². The van der Waals surface area contributed by atoms with Gasteiger partial charge in [0.25, 0.3) is 0 Å². The first-order valence-electron chi connectivity index (χ1n) is 5.92. The minimum Gasteiger partial charge on any atom is -0.449 e. The summed E-state index contributed by atoms with van der Waals surface area (Å²) in [4.78, 5) is 4.06. The van der Waals surface area contributed by atoms with Gasteiger partial charge in [-0.05, 0) is 24.3 Å². The topological polar surface area (TPSA) is 48.1 Å². The SMILES string of the molecule is Nc1cc(F)c(Oc2ccccc2F)c2ncccc12. The van der Waals surface area contributed by atoms with Gasteiger partial charge < -0.3 is 10.5 Å². The zero-order valence-corrected chi connectivity index (χ0v) is 10.3. The number of pyridine rings is 1. The average Bonchev–Trinajstić information content (AvgIpc) is 2.45. The second-order valence-electron chi connectivity index (χ2n) is 4.21. The first-order valence-corrected chi connectivity index (χ1v) is 5.92. The van der Waals surface area contributed by atoms with Crippen molar-refractivity contribution in [3.8, 4) is 11.5 Å². The Morgan fingerprint density at radius 3 is 2.60 bits per heavy atom. The van der Waals surface area contributed by atoms with Gasteiger partial charge in [0.05, 0.1) is 0 Å². The summed E-state index contributed by atoms with van der Waals surface area (Å²) in [6.07, 6.45) is 1.50. The van der Waals surface area contributed by atoms with E-state index in [0.717, 1.165) is 6.07 Å². The zero-order valence-electron chi connectivity index (χ0n) is 10.3. The number of nitrogens with zero attached hydrogens (tertiary/aromatic N) is 1. The molecule has 0 saturated heterocycles. The quantitative estimate of drug-likeness (QED) is 0.720. The van der Waals surface area contributed by atoms with Gasteiger partial charge in [0.15, 0.2) is 23.1 Å². The number of halogens is 2. The van der Waals surface area contributed by atoms with Gasteiger partial charge in [0, 0.05) is 23.3 Å². The highest BCUT2D eigenvalue weighted by atomic mass is 19.1. The predicted molar refractivity (Wildman–Crippen MR) is 72.6 cm³/mol. The van der Waals surface area contributed by atoms with Crippen LogP contribution in [0.5, 0.6) is 11.5 Å².